The Bertz CT molecular complexity index is 144. The third-order valence-corrected chi connectivity index (χ3v) is 2.34. The molecule has 2 nitrogen and oxygen atoms in total. The zero-order chi connectivity index (χ0) is 8.27. The van der Waals surface area contributed by atoms with Crippen LogP contribution in [0.3, 0.4) is 0 Å². The van der Waals surface area contributed by atoms with Crippen LogP contribution in [0.1, 0.15) is 19.8 Å². The summed E-state index contributed by atoms with van der Waals surface area (Å²) in [6, 6.07) is 0.286. The quantitative estimate of drug-likeness (QED) is 0.624. The minimum Gasteiger partial charge on any atom is -0.381 e. The maximum absolute atomic E-state index is 5.87. The predicted molar refractivity (Wildman–Crippen MR) is 46.3 cm³/mol. The minimum absolute atomic E-state index is 0.286. The van der Waals surface area contributed by atoms with Gasteiger partial charge in [-0.2, -0.15) is 0 Å². The van der Waals surface area contributed by atoms with Gasteiger partial charge in [-0.05, 0) is 19.8 Å². The zero-order valence-corrected chi connectivity index (χ0v) is 7.18. The third-order valence-electron chi connectivity index (χ3n) is 2.34. The molecular weight excluding hydrogens is 138 g/mol. The number of rotatable bonds is 3. The van der Waals surface area contributed by atoms with Crippen molar-refractivity contribution >= 4 is 0 Å². The molecule has 2 unspecified atom stereocenters. The van der Waals surface area contributed by atoms with Gasteiger partial charge < -0.3 is 10.5 Å². The van der Waals surface area contributed by atoms with Gasteiger partial charge >= 0.3 is 0 Å². The molecule has 11 heavy (non-hydrogen) atoms. The van der Waals surface area contributed by atoms with Gasteiger partial charge in [-0.25, -0.2) is 0 Å². The number of ether oxygens (including phenoxy) is 1. The van der Waals surface area contributed by atoms with Crippen LogP contribution in [0.25, 0.3) is 0 Å². The van der Waals surface area contributed by atoms with E-state index < -0.39 is 0 Å². The third kappa shape index (κ3) is 2.04. The normalized spacial score (nSPS) is 31.3. The second-order valence-electron chi connectivity index (χ2n) is 3.13. The van der Waals surface area contributed by atoms with Crippen molar-refractivity contribution in [2.75, 3.05) is 13.2 Å². The van der Waals surface area contributed by atoms with Crippen LogP contribution >= 0.6 is 0 Å². The summed E-state index contributed by atoms with van der Waals surface area (Å²) in [5.74, 6) is 0.412. The van der Waals surface area contributed by atoms with Crippen molar-refractivity contribution < 1.29 is 4.74 Å². The van der Waals surface area contributed by atoms with Crippen molar-refractivity contribution in [1.82, 2.24) is 0 Å². The van der Waals surface area contributed by atoms with Crippen LogP contribution in [-0.4, -0.2) is 19.3 Å². The number of nitrogens with two attached hydrogens (primary N) is 1. The second-order valence-corrected chi connectivity index (χ2v) is 3.13. The molecule has 0 aromatic carbocycles. The van der Waals surface area contributed by atoms with Crippen molar-refractivity contribution in [3.05, 3.63) is 12.2 Å². The Labute approximate surface area is 68.4 Å². The van der Waals surface area contributed by atoms with Crippen molar-refractivity contribution in [3.8, 4) is 0 Å². The van der Waals surface area contributed by atoms with Gasteiger partial charge in [-0.3, -0.25) is 0 Å². The van der Waals surface area contributed by atoms with E-state index in [1.165, 1.54) is 5.57 Å². The number of hydrogen-bond donors (Lipinski definition) is 1. The first-order chi connectivity index (χ1) is 5.25. The predicted octanol–water partition coefficient (Wildman–Crippen LogP) is 1.32. The lowest BCUT2D eigenvalue weighted by molar-refractivity contribution is 0.118. The van der Waals surface area contributed by atoms with Crippen LogP contribution in [0.15, 0.2) is 12.2 Å². The fraction of sp³-hybridized carbons (Fsp3) is 0.778. The lowest BCUT2D eigenvalue weighted by Gasteiger charge is -2.15. The van der Waals surface area contributed by atoms with E-state index in [4.69, 9.17) is 10.5 Å². The largest absolute Gasteiger partial charge is 0.381 e. The first-order valence-electron chi connectivity index (χ1n) is 4.26. The van der Waals surface area contributed by atoms with E-state index in [-0.39, 0.29) is 6.04 Å². The lowest BCUT2D eigenvalue weighted by atomic mass is 10.0. The highest BCUT2D eigenvalue weighted by Crippen LogP contribution is 2.28. The Morgan fingerprint density at radius 1 is 1.73 bits per heavy atom. The molecule has 0 aliphatic heterocycles. The summed E-state index contributed by atoms with van der Waals surface area (Å²) in [6.45, 7) is 7.52. The lowest BCUT2D eigenvalue weighted by Crippen LogP contribution is -2.28. The SMILES string of the molecule is C=C1CCC(N)C1COCC. The molecule has 2 atom stereocenters. The highest BCUT2D eigenvalue weighted by Gasteiger charge is 2.26. The van der Waals surface area contributed by atoms with Crippen LogP contribution in [0.5, 0.6) is 0 Å². The van der Waals surface area contributed by atoms with Crippen molar-refractivity contribution in [2.45, 2.75) is 25.8 Å². The smallest absolute Gasteiger partial charge is 0.0546 e. The highest BCUT2D eigenvalue weighted by molar-refractivity contribution is 5.10. The molecular formula is C9H17NO. The summed E-state index contributed by atoms with van der Waals surface area (Å²) in [6.07, 6.45) is 2.16. The molecule has 1 fully saturated rings. The molecule has 2 N–H and O–H groups in total. The Morgan fingerprint density at radius 3 is 2.91 bits per heavy atom. The fourth-order valence-corrected chi connectivity index (χ4v) is 1.53. The Kier molecular flexibility index (Phi) is 3.09. The second kappa shape index (κ2) is 3.88. The Morgan fingerprint density at radius 2 is 2.45 bits per heavy atom. The van der Waals surface area contributed by atoms with E-state index in [0.29, 0.717) is 5.92 Å². The summed E-state index contributed by atoms with van der Waals surface area (Å²) in [5.41, 5.74) is 7.14. The molecule has 0 amide bonds. The number of hydrogen-bond acceptors (Lipinski definition) is 2. The van der Waals surface area contributed by atoms with Crippen molar-refractivity contribution in [3.63, 3.8) is 0 Å². The first-order valence-corrected chi connectivity index (χ1v) is 4.26. The molecule has 0 spiro atoms. The summed E-state index contributed by atoms with van der Waals surface area (Å²) < 4.78 is 5.32. The van der Waals surface area contributed by atoms with Gasteiger partial charge in [0.2, 0.25) is 0 Å². The Balaban J connectivity index is 2.35. The van der Waals surface area contributed by atoms with Crippen LogP contribution in [-0.2, 0) is 4.74 Å². The van der Waals surface area contributed by atoms with E-state index in [1.807, 2.05) is 6.92 Å². The molecule has 0 saturated heterocycles. The van der Waals surface area contributed by atoms with Crippen molar-refractivity contribution in [2.24, 2.45) is 11.7 Å². The van der Waals surface area contributed by atoms with Crippen LogP contribution in [0.2, 0.25) is 0 Å². The summed E-state index contributed by atoms with van der Waals surface area (Å²) in [7, 11) is 0. The molecule has 0 radical (unpaired) electrons. The summed E-state index contributed by atoms with van der Waals surface area (Å²) in [4.78, 5) is 0. The maximum atomic E-state index is 5.87. The fourth-order valence-electron chi connectivity index (χ4n) is 1.53. The molecule has 1 aliphatic rings. The van der Waals surface area contributed by atoms with Gasteiger partial charge in [0, 0.05) is 18.6 Å². The molecule has 1 saturated carbocycles. The molecule has 0 aromatic heterocycles. The van der Waals surface area contributed by atoms with Gasteiger partial charge in [0.15, 0.2) is 0 Å². The Hall–Kier alpha value is -0.340. The van der Waals surface area contributed by atoms with Gasteiger partial charge in [0.05, 0.1) is 6.61 Å². The van der Waals surface area contributed by atoms with E-state index in [1.54, 1.807) is 0 Å². The van der Waals surface area contributed by atoms with E-state index in [9.17, 15) is 0 Å². The molecule has 64 valence electrons. The molecule has 0 heterocycles. The average Bonchev–Trinajstić information content (AvgIpc) is 2.29. The molecule has 0 bridgehead atoms. The maximum Gasteiger partial charge on any atom is 0.0546 e. The standard InChI is InChI=1S/C9H17NO/c1-3-11-6-8-7(2)4-5-9(8)10/h8-9H,2-6,10H2,1H3. The van der Waals surface area contributed by atoms with Gasteiger partial charge in [-0.1, -0.05) is 12.2 Å². The highest BCUT2D eigenvalue weighted by atomic mass is 16.5. The molecule has 1 aliphatic carbocycles. The van der Waals surface area contributed by atoms with Crippen molar-refractivity contribution in [1.29, 1.82) is 0 Å². The molecule has 0 aromatic rings. The van der Waals surface area contributed by atoms with Gasteiger partial charge in [0.25, 0.3) is 0 Å². The van der Waals surface area contributed by atoms with Crippen LogP contribution in [0.4, 0.5) is 0 Å². The monoisotopic (exact) mass is 155 g/mol. The first kappa shape index (κ1) is 8.75. The topological polar surface area (TPSA) is 35.2 Å². The summed E-state index contributed by atoms with van der Waals surface area (Å²) in [5, 5.41) is 0. The van der Waals surface area contributed by atoms with E-state index in [2.05, 4.69) is 6.58 Å². The summed E-state index contributed by atoms with van der Waals surface area (Å²) >= 11 is 0. The van der Waals surface area contributed by atoms with Gasteiger partial charge in [-0.15, -0.1) is 0 Å². The molecule has 1 rings (SSSR count). The van der Waals surface area contributed by atoms with Gasteiger partial charge in [0.1, 0.15) is 0 Å². The molecule has 2 heteroatoms. The minimum atomic E-state index is 0.286. The average molecular weight is 155 g/mol. The van der Waals surface area contributed by atoms with E-state index >= 15 is 0 Å². The van der Waals surface area contributed by atoms with E-state index in [0.717, 1.165) is 26.1 Å². The van der Waals surface area contributed by atoms with Crippen LogP contribution < -0.4 is 5.73 Å². The van der Waals surface area contributed by atoms with Crippen LogP contribution in [0, 0.1) is 5.92 Å². The zero-order valence-electron chi connectivity index (χ0n) is 7.18.